The summed E-state index contributed by atoms with van der Waals surface area (Å²) in [6, 6.07) is 4.48. The average molecular weight is 354 g/mol. The van der Waals surface area contributed by atoms with Crippen molar-refractivity contribution in [1.82, 2.24) is 10.6 Å². The largest absolute Gasteiger partial charge is 0.379 e. The SMILES string of the molecule is CCNC(=NCC(C)(C)c1cccs1)NC(C)COC1CCOC1. The Hall–Kier alpha value is -1.11. The van der Waals surface area contributed by atoms with Crippen LogP contribution in [0.25, 0.3) is 0 Å². The molecule has 2 atom stereocenters. The van der Waals surface area contributed by atoms with Crippen LogP contribution in [0.4, 0.5) is 0 Å². The van der Waals surface area contributed by atoms with E-state index in [0.717, 1.165) is 38.7 Å². The summed E-state index contributed by atoms with van der Waals surface area (Å²) >= 11 is 1.79. The summed E-state index contributed by atoms with van der Waals surface area (Å²) in [5.41, 5.74) is 0.0391. The molecule has 0 saturated carbocycles. The lowest BCUT2D eigenvalue weighted by Crippen LogP contribution is -2.45. The summed E-state index contributed by atoms with van der Waals surface area (Å²) in [6.07, 6.45) is 1.24. The van der Waals surface area contributed by atoms with Crippen LogP contribution in [0.1, 0.15) is 39.0 Å². The van der Waals surface area contributed by atoms with Crippen molar-refractivity contribution in [2.75, 3.05) is 32.9 Å². The quantitative estimate of drug-likeness (QED) is 0.557. The van der Waals surface area contributed by atoms with Gasteiger partial charge in [-0.05, 0) is 31.7 Å². The number of rotatable bonds is 8. The average Bonchev–Trinajstić information content (AvgIpc) is 3.24. The number of nitrogens with one attached hydrogen (secondary N) is 2. The Kier molecular flexibility index (Phi) is 7.52. The topological polar surface area (TPSA) is 54.9 Å². The zero-order chi connectivity index (χ0) is 17.4. The van der Waals surface area contributed by atoms with Gasteiger partial charge in [0.1, 0.15) is 0 Å². The molecular formula is C18H31N3O2S. The van der Waals surface area contributed by atoms with E-state index in [1.54, 1.807) is 11.3 Å². The molecular weight excluding hydrogens is 322 g/mol. The molecule has 2 N–H and O–H groups in total. The van der Waals surface area contributed by atoms with Crippen LogP contribution in [0.15, 0.2) is 22.5 Å². The molecule has 1 aliphatic heterocycles. The van der Waals surface area contributed by atoms with Gasteiger partial charge in [-0.1, -0.05) is 19.9 Å². The fourth-order valence-corrected chi connectivity index (χ4v) is 3.38. The third-order valence-electron chi connectivity index (χ3n) is 4.02. The standard InChI is InChI=1S/C18H31N3O2S/c1-5-19-17(20-13-18(3,4)16-7-6-10-24-16)21-14(2)11-23-15-8-9-22-12-15/h6-7,10,14-15H,5,8-9,11-13H2,1-4H3,(H2,19,20,21). The van der Waals surface area contributed by atoms with Gasteiger partial charge in [-0.3, -0.25) is 4.99 Å². The highest BCUT2D eigenvalue weighted by Gasteiger charge is 2.22. The summed E-state index contributed by atoms with van der Waals surface area (Å²) in [5, 5.41) is 8.88. The lowest BCUT2D eigenvalue weighted by Gasteiger charge is -2.23. The van der Waals surface area contributed by atoms with E-state index in [0.29, 0.717) is 6.61 Å². The van der Waals surface area contributed by atoms with Crippen molar-refractivity contribution >= 4 is 17.3 Å². The van der Waals surface area contributed by atoms with Crippen molar-refractivity contribution in [1.29, 1.82) is 0 Å². The van der Waals surface area contributed by atoms with Crippen LogP contribution < -0.4 is 10.6 Å². The molecule has 2 rings (SSSR count). The van der Waals surface area contributed by atoms with Gasteiger partial charge in [0.25, 0.3) is 0 Å². The van der Waals surface area contributed by atoms with Crippen LogP contribution in [0.3, 0.4) is 0 Å². The number of ether oxygens (including phenoxy) is 2. The van der Waals surface area contributed by atoms with Gasteiger partial charge in [-0.25, -0.2) is 0 Å². The molecule has 24 heavy (non-hydrogen) atoms. The van der Waals surface area contributed by atoms with E-state index in [1.807, 2.05) is 0 Å². The number of hydrogen-bond acceptors (Lipinski definition) is 4. The Morgan fingerprint density at radius 2 is 2.38 bits per heavy atom. The molecule has 1 aliphatic rings. The van der Waals surface area contributed by atoms with Gasteiger partial charge < -0.3 is 20.1 Å². The molecule has 1 aromatic rings. The van der Waals surface area contributed by atoms with Crippen LogP contribution in [-0.4, -0.2) is 51.0 Å². The zero-order valence-electron chi connectivity index (χ0n) is 15.3. The molecule has 0 radical (unpaired) electrons. The molecule has 2 heterocycles. The molecule has 6 heteroatoms. The minimum absolute atomic E-state index is 0.0391. The van der Waals surface area contributed by atoms with Gasteiger partial charge in [0.05, 0.1) is 25.9 Å². The van der Waals surface area contributed by atoms with Gasteiger partial charge in [0.15, 0.2) is 5.96 Å². The van der Waals surface area contributed by atoms with Crippen molar-refractivity contribution in [3.63, 3.8) is 0 Å². The predicted molar refractivity (Wildman–Crippen MR) is 101 cm³/mol. The first-order chi connectivity index (χ1) is 11.5. The number of aliphatic imine (C=N–C) groups is 1. The molecule has 0 bridgehead atoms. The fourth-order valence-electron chi connectivity index (χ4n) is 2.54. The van der Waals surface area contributed by atoms with Crippen LogP contribution in [0.5, 0.6) is 0 Å². The van der Waals surface area contributed by atoms with Crippen molar-refractivity contribution in [3.8, 4) is 0 Å². The van der Waals surface area contributed by atoms with Gasteiger partial charge in [-0.15, -0.1) is 11.3 Å². The first-order valence-corrected chi connectivity index (χ1v) is 9.67. The second-order valence-corrected chi connectivity index (χ2v) is 7.87. The van der Waals surface area contributed by atoms with Gasteiger partial charge >= 0.3 is 0 Å². The smallest absolute Gasteiger partial charge is 0.191 e. The molecule has 1 fully saturated rings. The Balaban J connectivity index is 1.85. The molecule has 0 aromatic carbocycles. The number of hydrogen-bond donors (Lipinski definition) is 2. The summed E-state index contributed by atoms with van der Waals surface area (Å²) in [4.78, 5) is 6.14. The normalized spacial score (nSPS) is 20.2. The second-order valence-electron chi connectivity index (χ2n) is 6.92. The van der Waals surface area contributed by atoms with E-state index >= 15 is 0 Å². The lowest BCUT2D eigenvalue weighted by molar-refractivity contribution is 0.0347. The maximum atomic E-state index is 5.88. The van der Waals surface area contributed by atoms with Crippen molar-refractivity contribution < 1.29 is 9.47 Å². The number of guanidine groups is 1. The first-order valence-electron chi connectivity index (χ1n) is 8.79. The summed E-state index contributed by atoms with van der Waals surface area (Å²) in [6.45, 7) is 12.4. The molecule has 0 aliphatic carbocycles. The van der Waals surface area contributed by atoms with E-state index in [4.69, 9.17) is 14.5 Å². The van der Waals surface area contributed by atoms with E-state index in [1.165, 1.54) is 4.88 Å². The molecule has 2 unspecified atom stereocenters. The summed E-state index contributed by atoms with van der Waals surface area (Å²) in [7, 11) is 0. The Labute approximate surface area is 149 Å². The monoisotopic (exact) mass is 353 g/mol. The van der Waals surface area contributed by atoms with Crippen LogP contribution in [0.2, 0.25) is 0 Å². The third-order valence-corrected chi connectivity index (χ3v) is 5.25. The lowest BCUT2D eigenvalue weighted by atomic mass is 9.92. The minimum atomic E-state index is 0.0391. The highest BCUT2D eigenvalue weighted by Crippen LogP contribution is 2.27. The molecule has 1 saturated heterocycles. The maximum Gasteiger partial charge on any atom is 0.191 e. The van der Waals surface area contributed by atoms with Crippen LogP contribution >= 0.6 is 11.3 Å². The van der Waals surface area contributed by atoms with Gasteiger partial charge in [-0.2, -0.15) is 0 Å². The van der Waals surface area contributed by atoms with Crippen molar-refractivity contribution in [3.05, 3.63) is 22.4 Å². The van der Waals surface area contributed by atoms with Crippen molar-refractivity contribution in [2.45, 2.75) is 51.7 Å². The van der Waals surface area contributed by atoms with E-state index in [2.05, 4.69) is 55.8 Å². The molecule has 5 nitrogen and oxygen atoms in total. The van der Waals surface area contributed by atoms with E-state index in [-0.39, 0.29) is 17.6 Å². The minimum Gasteiger partial charge on any atom is -0.379 e. The zero-order valence-corrected chi connectivity index (χ0v) is 16.1. The highest BCUT2D eigenvalue weighted by molar-refractivity contribution is 7.10. The highest BCUT2D eigenvalue weighted by atomic mass is 32.1. The maximum absolute atomic E-state index is 5.88. The van der Waals surface area contributed by atoms with E-state index < -0.39 is 0 Å². The van der Waals surface area contributed by atoms with Crippen molar-refractivity contribution in [2.24, 2.45) is 4.99 Å². The number of nitrogens with zero attached hydrogens (tertiary/aromatic N) is 1. The first kappa shape index (κ1) is 19.2. The summed E-state index contributed by atoms with van der Waals surface area (Å²) < 4.78 is 11.2. The molecule has 136 valence electrons. The van der Waals surface area contributed by atoms with E-state index in [9.17, 15) is 0 Å². The van der Waals surface area contributed by atoms with Crippen LogP contribution in [-0.2, 0) is 14.9 Å². The number of thiophene rings is 1. The molecule has 0 spiro atoms. The Morgan fingerprint density at radius 1 is 1.54 bits per heavy atom. The molecule has 1 aromatic heterocycles. The third kappa shape index (κ3) is 6.07. The van der Waals surface area contributed by atoms with Gasteiger partial charge in [0.2, 0.25) is 0 Å². The fraction of sp³-hybridized carbons (Fsp3) is 0.722. The second kappa shape index (κ2) is 9.39. The Bertz CT molecular complexity index is 496. The van der Waals surface area contributed by atoms with Crippen LogP contribution in [0, 0.1) is 0 Å². The predicted octanol–water partition coefficient (Wildman–Crippen LogP) is 2.77. The van der Waals surface area contributed by atoms with Gasteiger partial charge in [0, 0.05) is 29.5 Å². The summed E-state index contributed by atoms with van der Waals surface area (Å²) in [5.74, 6) is 0.848. The Morgan fingerprint density at radius 3 is 3.00 bits per heavy atom. The molecule has 0 amide bonds.